The first-order chi connectivity index (χ1) is 18.9. The van der Waals surface area contributed by atoms with E-state index in [1.54, 1.807) is 0 Å². The number of nitrogens with zero attached hydrogens (tertiary/aromatic N) is 1. The van der Waals surface area contributed by atoms with Crippen LogP contribution in [0.3, 0.4) is 0 Å². The number of hydrogen-bond acceptors (Lipinski definition) is 6. The smallest absolute Gasteiger partial charge is 0.342 e. The van der Waals surface area contributed by atoms with E-state index in [9.17, 15) is 4.79 Å². The van der Waals surface area contributed by atoms with Crippen molar-refractivity contribution >= 4 is 17.7 Å². The van der Waals surface area contributed by atoms with Crippen LogP contribution in [0.4, 0.5) is 5.69 Å². The number of ether oxygens (including phenoxy) is 4. The highest BCUT2D eigenvalue weighted by Gasteiger charge is 2.47. The molecule has 1 amide bonds. The van der Waals surface area contributed by atoms with Gasteiger partial charge < -0.3 is 48.7 Å². The summed E-state index contributed by atoms with van der Waals surface area (Å²) in [4.78, 5) is 14.6. The van der Waals surface area contributed by atoms with Gasteiger partial charge in [0.2, 0.25) is 6.79 Å². The van der Waals surface area contributed by atoms with Crippen molar-refractivity contribution in [3.8, 4) is 28.4 Å². The van der Waals surface area contributed by atoms with Gasteiger partial charge >= 0.3 is 5.91 Å². The molecular formula is C32H35IN2O5. The Hall–Kier alpha value is -3.08. The Labute approximate surface area is 252 Å². The Morgan fingerprint density at radius 1 is 0.875 bits per heavy atom. The highest BCUT2D eigenvalue weighted by molar-refractivity contribution is 5.94. The van der Waals surface area contributed by atoms with Crippen molar-refractivity contribution in [1.29, 1.82) is 0 Å². The molecule has 0 radical (unpaired) electrons. The Morgan fingerprint density at radius 2 is 1.55 bits per heavy atom. The zero-order valence-corrected chi connectivity index (χ0v) is 25.1. The predicted molar refractivity (Wildman–Crippen MR) is 150 cm³/mol. The average Bonchev–Trinajstić information content (AvgIpc) is 3.34. The minimum absolute atomic E-state index is 0. The molecule has 3 aromatic carbocycles. The molecule has 3 aliphatic heterocycles. The summed E-state index contributed by atoms with van der Waals surface area (Å²) in [6.45, 7) is 4.19. The number of amides is 1. The maximum atomic E-state index is 14.6. The van der Waals surface area contributed by atoms with Gasteiger partial charge in [-0.15, -0.1) is 0 Å². The molecule has 7 nitrogen and oxygen atoms in total. The lowest BCUT2D eigenvalue weighted by Crippen LogP contribution is -3.00. The van der Waals surface area contributed by atoms with Crippen LogP contribution in [-0.4, -0.2) is 50.1 Å². The van der Waals surface area contributed by atoms with Crippen molar-refractivity contribution in [2.45, 2.75) is 38.3 Å². The molecular weight excluding hydrogens is 619 g/mol. The molecule has 40 heavy (non-hydrogen) atoms. The Morgan fingerprint density at radius 3 is 2.30 bits per heavy atom. The molecule has 8 heteroatoms. The van der Waals surface area contributed by atoms with E-state index in [2.05, 4.69) is 20.0 Å². The number of hydrogen-bond donors (Lipinski definition) is 1. The first kappa shape index (κ1) is 28.4. The molecule has 3 heterocycles. The van der Waals surface area contributed by atoms with Crippen molar-refractivity contribution in [3.05, 3.63) is 77.4 Å². The maximum Gasteiger partial charge on any atom is 0.342 e. The normalized spacial score (nSPS) is 18.7. The summed E-state index contributed by atoms with van der Waals surface area (Å²) >= 11 is 0. The van der Waals surface area contributed by atoms with Crippen molar-refractivity contribution in [3.63, 3.8) is 0 Å². The number of nitrogen functional groups attached to an aromatic ring is 1. The fourth-order valence-electron chi connectivity index (χ4n) is 6.02. The highest BCUT2D eigenvalue weighted by Crippen LogP contribution is 2.40. The minimum atomic E-state index is -0.0503. The Kier molecular flexibility index (Phi) is 8.39. The van der Waals surface area contributed by atoms with Gasteiger partial charge in [-0.1, -0.05) is 24.3 Å². The van der Waals surface area contributed by atoms with E-state index in [-0.39, 0.29) is 53.2 Å². The highest BCUT2D eigenvalue weighted by atomic mass is 127. The zero-order valence-electron chi connectivity index (χ0n) is 22.9. The number of carbonyl (C=O) groups is 1. The SMILES string of the molecule is CC(c1ccc(N)cc1)[N+](C)(C(=O)C1=Cc2cc(-c3ccc4c(c3)OCO4)ccc2OCC1)C1CCOCC1.[I-]. The molecule has 0 aliphatic carbocycles. The van der Waals surface area contributed by atoms with Gasteiger partial charge in [0.1, 0.15) is 17.8 Å². The summed E-state index contributed by atoms with van der Waals surface area (Å²) in [5.74, 6) is 2.42. The molecule has 2 N–H and O–H groups in total. The minimum Gasteiger partial charge on any atom is -1.00 e. The lowest BCUT2D eigenvalue weighted by atomic mass is 9.93. The Balaban J connectivity index is 0.00000323. The summed E-state index contributed by atoms with van der Waals surface area (Å²) in [5, 5.41) is 0. The zero-order chi connectivity index (χ0) is 27.0. The van der Waals surface area contributed by atoms with Gasteiger partial charge in [-0.05, 0) is 60.5 Å². The molecule has 0 saturated carbocycles. The third kappa shape index (κ3) is 5.32. The second kappa shape index (κ2) is 11.8. The number of halogens is 1. The molecule has 0 aromatic heterocycles. The van der Waals surface area contributed by atoms with E-state index in [4.69, 9.17) is 24.7 Å². The van der Waals surface area contributed by atoms with Crippen molar-refractivity contribution < 1.29 is 52.2 Å². The molecule has 1 saturated heterocycles. The van der Waals surface area contributed by atoms with Gasteiger partial charge in [-0.3, -0.25) is 4.48 Å². The van der Waals surface area contributed by atoms with Gasteiger partial charge in [0.25, 0.3) is 0 Å². The third-order valence-electron chi connectivity index (χ3n) is 8.56. The van der Waals surface area contributed by atoms with E-state index in [0.717, 1.165) is 63.6 Å². The Bertz CT molecular complexity index is 1420. The van der Waals surface area contributed by atoms with E-state index in [1.165, 1.54) is 0 Å². The topological polar surface area (TPSA) is 80.0 Å². The van der Waals surface area contributed by atoms with Crippen LogP contribution in [0, 0.1) is 0 Å². The van der Waals surface area contributed by atoms with Gasteiger partial charge in [-0.25, -0.2) is 4.79 Å². The number of nitrogens with two attached hydrogens (primary N) is 1. The summed E-state index contributed by atoms with van der Waals surface area (Å²) < 4.78 is 23.1. The van der Waals surface area contributed by atoms with Crippen LogP contribution >= 0.6 is 0 Å². The predicted octanol–water partition coefficient (Wildman–Crippen LogP) is 2.75. The van der Waals surface area contributed by atoms with Gasteiger partial charge in [0, 0.05) is 36.1 Å². The van der Waals surface area contributed by atoms with E-state index in [0.29, 0.717) is 26.2 Å². The van der Waals surface area contributed by atoms with Crippen LogP contribution in [0.15, 0.2) is 66.2 Å². The fourth-order valence-corrected chi connectivity index (χ4v) is 6.02. The van der Waals surface area contributed by atoms with Gasteiger partial charge in [0.15, 0.2) is 11.5 Å². The number of carbonyl (C=O) groups excluding carboxylic acids is 1. The number of likely N-dealkylation sites (N-methyl/N-ethyl adjacent to an activating group) is 1. The maximum absolute atomic E-state index is 14.6. The quantitative estimate of drug-likeness (QED) is 0.259. The van der Waals surface area contributed by atoms with Crippen LogP contribution in [-0.2, 0) is 9.53 Å². The summed E-state index contributed by atoms with van der Waals surface area (Å²) in [5.41, 5.74) is 11.5. The van der Waals surface area contributed by atoms with Crippen LogP contribution in [0.2, 0.25) is 0 Å². The van der Waals surface area contributed by atoms with E-state index in [1.807, 2.05) is 60.7 Å². The molecule has 1 fully saturated rings. The molecule has 3 aromatic rings. The van der Waals surface area contributed by atoms with Gasteiger partial charge in [-0.2, -0.15) is 0 Å². The van der Waals surface area contributed by atoms with E-state index >= 15 is 0 Å². The van der Waals surface area contributed by atoms with Crippen LogP contribution < -0.4 is 43.9 Å². The largest absolute Gasteiger partial charge is 1.00 e. The summed E-state index contributed by atoms with van der Waals surface area (Å²) in [6.07, 6.45) is 4.28. The van der Waals surface area contributed by atoms with Crippen molar-refractivity contribution in [2.75, 3.05) is 39.4 Å². The summed E-state index contributed by atoms with van der Waals surface area (Å²) in [7, 11) is 2.09. The second-order valence-corrected chi connectivity index (χ2v) is 10.7. The molecule has 3 aliphatic rings. The molecule has 6 rings (SSSR count). The van der Waals surface area contributed by atoms with Crippen LogP contribution in [0.1, 0.15) is 43.4 Å². The van der Waals surface area contributed by atoms with Crippen molar-refractivity contribution in [1.82, 2.24) is 0 Å². The second-order valence-electron chi connectivity index (χ2n) is 10.7. The first-order valence-corrected chi connectivity index (χ1v) is 13.6. The molecule has 0 bridgehead atoms. The third-order valence-corrected chi connectivity index (χ3v) is 8.56. The van der Waals surface area contributed by atoms with Crippen LogP contribution in [0.25, 0.3) is 17.2 Å². The number of anilines is 1. The molecule has 2 unspecified atom stereocenters. The van der Waals surface area contributed by atoms with Crippen LogP contribution in [0.5, 0.6) is 17.2 Å². The monoisotopic (exact) mass is 654 g/mol. The number of benzene rings is 3. The standard InChI is InChI=1S/C32H35N2O5.HI/c1-21(22-3-7-27(33)8-4-22)34(2,28-12-14-36-15-13-28)32(35)25-11-16-37-29-9-5-23(17-26(29)18-25)24-6-10-30-31(19-24)39-20-38-30;/h3-10,17-19,21,28H,11-16,20,33H2,1-2H3;1H/q+1;/p-1. The van der Waals surface area contributed by atoms with Crippen molar-refractivity contribution in [2.24, 2.45) is 0 Å². The summed E-state index contributed by atoms with van der Waals surface area (Å²) in [6, 6.07) is 20.1. The first-order valence-electron chi connectivity index (χ1n) is 13.6. The lowest BCUT2D eigenvalue weighted by Gasteiger charge is -2.45. The molecule has 210 valence electrons. The number of fused-ring (bicyclic) bond motifs is 2. The van der Waals surface area contributed by atoms with E-state index < -0.39 is 0 Å². The molecule has 0 spiro atoms. The number of quaternary nitrogens is 1. The molecule has 2 atom stereocenters. The van der Waals surface area contributed by atoms with Gasteiger partial charge in [0.05, 0.1) is 32.4 Å². The number of rotatable bonds is 5. The average molecular weight is 655 g/mol. The lowest BCUT2D eigenvalue weighted by molar-refractivity contribution is -0.889. The fraction of sp³-hybridized carbons (Fsp3) is 0.344.